The van der Waals surface area contributed by atoms with Crippen molar-refractivity contribution in [2.24, 2.45) is 0 Å². The maximum absolute atomic E-state index is 11.8. The molecule has 0 aromatic heterocycles. The number of piperazine rings is 1. The molecule has 1 heterocycles. The maximum Gasteiger partial charge on any atom is 0.242 e. The largest absolute Gasteiger partial charge is 0.394 e. The molecular formula is C9H16N2O2. The van der Waals surface area contributed by atoms with Gasteiger partial charge in [0.05, 0.1) is 6.61 Å². The van der Waals surface area contributed by atoms with Crippen LogP contribution >= 0.6 is 0 Å². The molecule has 1 unspecified atom stereocenters. The molecule has 2 fully saturated rings. The van der Waals surface area contributed by atoms with Gasteiger partial charge in [-0.05, 0) is 19.9 Å². The Morgan fingerprint density at radius 3 is 2.69 bits per heavy atom. The highest BCUT2D eigenvalue weighted by molar-refractivity contribution is 5.83. The Kier molecular flexibility index (Phi) is 2.26. The van der Waals surface area contributed by atoms with Crippen molar-refractivity contribution >= 4 is 5.91 Å². The topological polar surface area (TPSA) is 43.8 Å². The summed E-state index contributed by atoms with van der Waals surface area (Å²) in [4.78, 5) is 15.6. The minimum Gasteiger partial charge on any atom is -0.394 e. The van der Waals surface area contributed by atoms with E-state index in [2.05, 4.69) is 0 Å². The van der Waals surface area contributed by atoms with Gasteiger partial charge < -0.3 is 10.0 Å². The molecule has 4 heteroatoms. The number of aliphatic hydroxyl groups is 1. The fourth-order valence-corrected chi connectivity index (χ4v) is 1.88. The maximum atomic E-state index is 11.8. The zero-order chi connectivity index (χ0) is 9.42. The molecule has 4 nitrogen and oxygen atoms in total. The second kappa shape index (κ2) is 3.27. The molecule has 13 heavy (non-hydrogen) atoms. The third-order valence-electron chi connectivity index (χ3n) is 2.95. The van der Waals surface area contributed by atoms with Crippen LogP contribution in [0.25, 0.3) is 0 Å². The molecule has 0 bridgehead atoms. The highest BCUT2D eigenvalue weighted by Gasteiger charge is 2.39. The summed E-state index contributed by atoms with van der Waals surface area (Å²) in [7, 11) is 1.89. The molecule has 1 aliphatic carbocycles. The Morgan fingerprint density at radius 1 is 1.46 bits per heavy atom. The van der Waals surface area contributed by atoms with E-state index in [4.69, 9.17) is 5.11 Å². The summed E-state index contributed by atoms with van der Waals surface area (Å²) in [5.41, 5.74) is 0. The smallest absolute Gasteiger partial charge is 0.242 e. The summed E-state index contributed by atoms with van der Waals surface area (Å²) in [6.45, 7) is 1.66. The second-order valence-corrected chi connectivity index (χ2v) is 3.94. The van der Waals surface area contributed by atoms with Gasteiger partial charge in [-0.1, -0.05) is 0 Å². The van der Waals surface area contributed by atoms with Crippen molar-refractivity contribution in [1.82, 2.24) is 9.80 Å². The van der Waals surface area contributed by atoms with Gasteiger partial charge in [0.2, 0.25) is 5.91 Å². The molecule has 2 rings (SSSR count). The van der Waals surface area contributed by atoms with Gasteiger partial charge in [0.15, 0.2) is 0 Å². The Morgan fingerprint density at radius 2 is 2.15 bits per heavy atom. The van der Waals surface area contributed by atoms with E-state index < -0.39 is 0 Å². The minimum absolute atomic E-state index is 0.0570. The second-order valence-electron chi connectivity index (χ2n) is 3.94. The summed E-state index contributed by atoms with van der Waals surface area (Å²) >= 11 is 0. The van der Waals surface area contributed by atoms with E-state index in [1.807, 2.05) is 16.8 Å². The van der Waals surface area contributed by atoms with Gasteiger partial charge in [-0.2, -0.15) is 0 Å². The summed E-state index contributed by atoms with van der Waals surface area (Å²) in [5.74, 6) is 0.110. The standard InChI is InChI=1S/C9H16N2O2/c1-10-4-5-11(7-2-3-7)9(13)8(10)6-12/h7-8,12H,2-6H2,1H3. The quantitative estimate of drug-likeness (QED) is 0.616. The van der Waals surface area contributed by atoms with Gasteiger partial charge in [0.25, 0.3) is 0 Å². The van der Waals surface area contributed by atoms with Crippen molar-refractivity contribution in [1.29, 1.82) is 0 Å². The van der Waals surface area contributed by atoms with Crippen molar-refractivity contribution in [3.05, 3.63) is 0 Å². The van der Waals surface area contributed by atoms with E-state index >= 15 is 0 Å². The Bertz CT molecular complexity index is 212. The summed E-state index contributed by atoms with van der Waals surface area (Å²) in [5, 5.41) is 9.06. The van der Waals surface area contributed by atoms with Crippen LogP contribution in [0.2, 0.25) is 0 Å². The first kappa shape index (κ1) is 8.97. The van der Waals surface area contributed by atoms with Crippen LogP contribution in [0.5, 0.6) is 0 Å². The van der Waals surface area contributed by atoms with Crippen LogP contribution in [-0.4, -0.2) is 59.6 Å². The lowest BCUT2D eigenvalue weighted by atomic mass is 10.1. The van der Waals surface area contributed by atoms with Crippen molar-refractivity contribution in [3.63, 3.8) is 0 Å². The third kappa shape index (κ3) is 1.56. The van der Waals surface area contributed by atoms with Crippen LogP contribution in [0.1, 0.15) is 12.8 Å². The Labute approximate surface area is 78.1 Å². The molecular weight excluding hydrogens is 168 g/mol. The van der Waals surface area contributed by atoms with Crippen molar-refractivity contribution in [2.75, 3.05) is 26.7 Å². The first-order valence-corrected chi connectivity index (χ1v) is 4.85. The van der Waals surface area contributed by atoms with Crippen LogP contribution in [0.4, 0.5) is 0 Å². The highest BCUT2D eigenvalue weighted by Crippen LogP contribution is 2.29. The molecule has 0 aromatic carbocycles. The Hall–Kier alpha value is -0.610. The van der Waals surface area contributed by atoms with E-state index in [-0.39, 0.29) is 18.6 Å². The molecule has 1 amide bonds. The van der Waals surface area contributed by atoms with E-state index in [0.717, 1.165) is 25.9 Å². The predicted octanol–water partition coefficient (Wildman–Crippen LogP) is -0.716. The first-order chi connectivity index (χ1) is 6.24. The number of amides is 1. The van der Waals surface area contributed by atoms with Crippen LogP contribution in [-0.2, 0) is 4.79 Å². The molecule has 2 aliphatic rings. The van der Waals surface area contributed by atoms with Gasteiger partial charge in [-0.15, -0.1) is 0 Å². The molecule has 1 N–H and O–H groups in total. The first-order valence-electron chi connectivity index (χ1n) is 4.85. The molecule has 1 atom stereocenters. The van der Waals surface area contributed by atoms with Gasteiger partial charge >= 0.3 is 0 Å². The van der Waals surface area contributed by atoms with Crippen LogP contribution in [0.3, 0.4) is 0 Å². The summed E-state index contributed by atoms with van der Waals surface area (Å²) in [6.07, 6.45) is 2.29. The lowest BCUT2D eigenvalue weighted by molar-refractivity contribution is -0.143. The van der Waals surface area contributed by atoms with E-state index in [9.17, 15) is 4.79 Å². The lowest BCUT2D eigenvalue weighted by Crippen LogP contribution is -2.57. The van der Waals surface area contributed by atoms with Crippen LogP contribution < -0.4 is 0 Å². The fraction of sp³-hybridized carbons (Fsp3) is 0.889. The number of carbonyl (C=O) groups excluding carboxylic acids is 1. The van der Waals surface area contributed by atoms with Crippen molar-refractivity contribution in [2.45, 2.75) is 24.9 Å². The van der Waals surface area contributed by atoms with Gasteiger partial charge in [-0.25, -0.2) is 0 Å². The number of aliphatic hydroxyl groups excluding tert-OH is 1. The summed E-state index contributed by atoms with van der Waals surface area (Å²) in [6, 6.07) is 0.185. The van der Waals surface area contributed by atoms with Gasteiger partial charge in [-0.3, -0.25) is 9.69 Å². The molecule has 0 spiro atoms. The van der Waals surface area contributed by atoms with Crippen molar-refractivity contribution in [3.8, 4) is 0 Å². The van der Waals surface area contributed by atoms with E-state index in [1.54, 1.807) is 0 Å². The lowest BCUT2D eigenvalue weighted by Gasteiger charge is -2.37. The van der Waals surface area contributed by atoms with E-state index in [0.29, 0.717) is 6.04 Å². The number of rotatable bonds is 2. The Balaban J connectivity index is 2.04. The number of likely N-dealkylation sites (N-methyl/N-ethyl adjacent to an activating group) is 1. The highest BCUT2D eigenvalue weighted by atomic mass is 16.3. The molecule has 1 saturated carbocycles. The number of hydrogen-bond donors (Lipinski definition) is 1. The zero-order valence-electron chi connectivity index (χ0n) is 7.94. The zero-order valence-corrected chi connectivity index (χ0v) is 7.94. The number of carbonyl (C=O) groups is 1. The van der Waals surface area contributed by atoms with Crippen molar-refractivity contribution < 1.29 is 9.90 Å². The monoisotopic (exact) mass is 184 g/mol. The molecule has 0 radical (unpaired) electrons. The molecule has 0 aromatic rings. The predicted molar refractivity (Wildman–Crippen MR) is 48.2 cm³/mol. The van der Waals surface area contributed by atoms with Gasteiger partial charge in [0.1, 0.15) is 6.04 Å². The summed E-state index contributed by atoms with van der Waals surface area (Å²) < 4.78 is 0. The number of nitrogens with zero attached hydrogens (tertiary/aromatic N) is 2. The SMILES string of the molecule is CN1CCN(C2CC2)C(=O)C1CO. The van der Waals surface area contributed by atoms with Crippen LogP contribution in [0.15, 0.2) is 0 Å². The number of hydrogen-bond acceptors (Lipinski definition) is 3. The minimum atomic E-state index is -0.297. The molecule has 74 valence electrons. The average molecular weight is 184 g/mol. The third-order valence-corrected chi connectivity index (χ3v) is 2.95. The normalized spacial score (nSPS) is 31.1. The van der Waals surface area contributed by atoms with Crippen LogP contribution in [0, 0.1) is 0 Å². The van der Waals surface area contributed by atoms with E-state index in [1.165, 1.54) is 0 Å². The molecule has 1 saturated heterocycles. The average Bonchev–Trinajstić information content (AvgIpc) is 2.88. The fourth-order valence-electron chi connectivity index (χ4n) is 1.88. The molecule has 1 aliphatic heterocycles. The van der Waals surface area contributed by atoms with Gasteiger partial charge in [0, 0.05) is 19.1 Å².